The van der Waals surface area contributed by atoms with Gasteiger partial charge in [-0.1, -0.05) is 18.7 Å². The Kier molecular flexibility index (Phi) is 4.29. The molecule has 0 N–H and O–H groups in total. The monoisotopic (exact) mass is 244 g/mol. The van der Waals surface area contributed by atoms with Gasteiger partial charge in [0.05, 0.1) is 6.04 Å². The van der Waals surface area contributed by atoms with Crippen LogP contribution in [-0.2, 0) is 0 Å². The van der Waals surface area contributed by atoms with Gasteiger partial charge < -0.3 is 9.80 Å². The molecule has 18 heavy (non-hydrogen) atoms. The number of rotatable bonds is 3. The summed E-state index contributed by atoms with van der Waals surface area (Å²) in [6, 6.07) is 0.301. The molecule has 0 aromatic heterocycles. The van der Waals surface area contributed by atoms with Gasteiger partial charge in [-0.05, 0) is 50.1 Å². The van der Waals surface area contributed by atoms with Crippen LogP contribution < -0.4 is 0 Å². The molecule has 2 heteroatoms. The number of likely N-dealkylation sites (N-methyl/N-ethyl adjacent to an activating group) is 1. The third-order valence-electron chi connectivity index (χ3n) is 3.71. The molecule has 0 aromatic rings. The topological polar surface area (TPSA) is 6.48 Å². The average molecular weight is 244 g/mol. The Morgan fingerprint density at radius 3 is 2.67 bits per heavy atom. The van der Waals surface area contributed by atoms with Crippen molar-refractivity contribution < 1.29 is 0 Å². The quantitative estimate of drug-likeness (QED) is 0.751. The van der Waals surface area contributed by atoms with Gasteiger partial charge in [0, 0.05) is 25.8 Å². The highest BCUT2D eigenvalue weighted by molar-refractivity contribution is 5.40. The molecule has 0 saturated carbocycles. The summed E-state index contributed by atoms with van der Waals surface area (Å²) in [6.07, 6.45) is 14.9. The number of allylic oxidation sites excluding steroid dienone is 2. The van der Waals surface area contributed by atoms with Gasteiger partial charge >= 0.3 is 0 Å². The molecular formula is C16H24N2. The summed E-state index contributed by atoms with van der Waals surface area (Å²) in [4.78, 5) is 4.68. The Morgan fingerprint density at radius 1 is 1.33 bits per heavy atom. The lowest BCUT2D eigenvalue weighted by Gasteiger charge is -2.34. The van der Waals surface area contributed by atoms with Gasteiger partial charge in [0.25, 0.3) is 0 Å². The molecule has 0 radical (unpaired) electrons. The molecule has 2 nitrogen and oxygen atoms in total. The first-order chi connectivity index (χ1) is 8.72. The summed E-state index contributed by atoms with van der Waals surface area (Å²) in [6.45, 7) is 8.64. The van der Waals surface area contributed by atoms with Crippen molar-refractivity contribution in [1.29, 1.82) is 0 Å². The Labute approximate surface area is 111 Å². The average Bonchev–Trinajstić information content (AvgIpc) is 2.40. The predicted octanol–water partition coefficient (Wildman–Crippen LogP) is 3.32. The SMILES string of the molecule is C=C1C=C(N2CCCCC2)C=CC1N(C)/C=C\C. The zero-order valence-electron chi connectivity index (χ0n) is 11.6. The highest BCUT2D eigenvalue weighted by Crippen LogP contribution is 2.24. The molecule has 1 atom stereocenters. The number of hydrogen-bond donors (Lipinski definition) is 0. The molecule has 2 rings (SSSR count). The zero-order valence-corrected chi connectivity index (χ0v) is 11.6. The molecule has 0 amide bonds. The van der Waals surface area contributed by atoms with Gasteiger partial charge in [-0.3, -0.25) is 0 Å². The Balaban J connectivity index is 2.04. The summed E-state index contributed by atoms with van der Waals surface area (Å²) in [5.41, 5.74) is 2.52. The van der Waals surface area contributed by atoms with E-state index in [2.05, 4.69) is 53.9 Å². The number of hydrogen-bond acceptors (Lipinski definition) is 2. The molecule has 1 saturated heterocycles. The molecule has 2 aliphatic rings. The first-order valence-electron chi connectivity index (χ1n) is 6.91. The summed E-state index contributed by atoms with van der Waals surface area (Å²) in [5, 5.41) is 0. The molecule has 0 aromatic carbocycles. The van der Waals surface area contributed by atoms with Crippen molar-refractivity contribution in [1.82, 2.24) is 9.80 Å². The van der Waals surface area contributed by atoms with Crippen molar-refractivity contribution in [3.63, 3.8) is 0 Å². The third-order valence-corrected chi connectivity index (χ3v) is 3.71. The van der Waals surface area contributed by atoms with Crippen molar-refractivity contribution in [2.24, 2.45) is 0 Å². The van der Waals surface area contributed by atoms with Crippen LogP contribution in [0.2, 0.25) is 0 Å². The van der Waals surface area contributed by atoms with E-state index in [0.29, 0.717) is 6.04 Å². The van der Waals surface area contributed by atoms with E-state index >= 15 is 0 Å². The van der Waals surface area contributed by atoms with E-state index in [0.717, 1.165) is 0 Å². The molecule has 1 heterocycles. The van der Waals surface area contributed by atoms with Crippen molar-refractivity contribution in [3.05, 3.63) is 48.4 Å². The van der Waals surface area contributed by atoms with Crippen LogP contribution in [-0.4, -0.2) is 36.0 Å². The van der Waals surface area contributed by atoms with Gasteiger partial charge in [0.15, 0.2) is 0 Å². The lowest BCUT2D eigenvalue weighted by molar-refractivity contribution is 0.291. The fourth-order valence-electron chi connectivity index (χ4n) is 2.71. The Morgan fingerprint density at radius 2 is 2.06 bits per heavy atom. The second-order valence-corrected chi connectivity index (χ2v) is 5.14. The van der Waals surface area contributed by atoms with Gasteiger partial charge in [-0.15, -0.1) is 0 Å². The van der Waals surface area contributed by atoms with Gasteiger partial charge in [-0.2, -0.15) is 0 Å². The van der Waals surface area contributed by atoms with E-state index in [1.807, 2.05) is 6.92 Å². The molecule has 1 aliphatic heterocycles. The second-order valence-electron chi connectivity index (χ2n) is 5.14. The Hall–Kier alpha value is -1.44. The largest absolute Gasteiger partial charge is 0.372 e. The van der Waals surface area contributed by atoms with Crippen molar-refractivity contribution in [3.8, 4) is 0 Å². The fraction of sp³-hybridized carbons (Fsp3) is 0.500. The zero-order chi connectivity index (χ0) is 13.0. The predicted molar refractivity (Wildman–Crippen MR) is 78.2 cm³/mol. The van der Waals surface area contributed by atoms with Crippen LogP contribution in [0.1, 0.15) is 26.2 Å². The van der Waals surface area contributed by atoms with Crippen LogP contribution in [0.3, 0.4) is 0 Å². The molecule has 1 unspecified atom stereocenters. The maximum atomic E-state index is 4.21. The summed E-state index contributed by atoms with van der Waals surface area (Å²) in [7, 11) is 2.10. The molecule has 1 aliphatic carbocycles. The second kappa shape index (κ2) is 5.94. The normalized spacial score (nSPS) is 24.6. The summed E-state index contributed by atoms with van der Waals surface area (Å²) >= 11 is 0. The lowest BCUT2D eigenvalue weighted by atomic mass is 9.99. The minimum atomic E-state index is 0.301. The third kappa shape index (κ3) is 2.87. The molecule has 0 spiro atoms. The van der Waals surface area contributed by atoms with Gasteiger partial charge in [0.1, 0.15) is 0 Å². The van der Waals surface area contributed by atoms with Crippen molar-refractivity contribution in [2.45, 2.75) is 32.2 Å². The highest BCUT2D eigenvalue weighted by atomic mass is 15.1. The van der Waals surface area contributed by atoms with Crippen molar-refractivity contribution in [2.75, 3.05) is 20.1 Å². The van der Waals surface area contributed by atoms with E-state index in [4.69, 9.17) is 0 Å². The van der Waals surface area contributed by atoms with Crippen molar-refractivity contribution >= 4 is 0 Å². The first kappa shape index (κ1) is 13.0. The molecule has 0 bridgehead atoms. The minimum absolute atomic E-state index is 0.301. The van der Waals surface area contributed by atoms with Crippen LogP contribution in [0.4, 0.5) is 0 Å². The van der Waals surface area contributed by atoms with Crippen LogP contribution >= 0.6 is 0 Å². The van der Waals surface area contributed by atoms with E-state index < -0.39 is 0 Å². The number of piperidine rings is 1. The maximum absolute atomic E-state index is 4.21. The van der Waals surface area contributed by atoms with Gasteiger partial charge in [0.2, 0.25) is 0 Å². The summed E-state index contributed by atoms with van der Waals surface area (Å²) < 4.78 is 0. The maximum Gasteiger partial charge on any atom is 0.0716 e. The fourth-order valence-corrected chi connectivity index (χ4v) is 2.71. The smallest absolute Gasteiger partial charge is 0.0716 e. The van der Waals surface area contributed by atoms with Crippen LogP contribution in [0.25, 0.3) is 0 Å². The van der Waals surface area contributed by atoms with Gasteiger partial charge in [-0.25, -0.2) is 0 Å². The molecular weight excluding hydrogens is 220 g/mol. The van der Waals surface area contributed by atoms with E-state index in [9.17, 15) is 0 Å². The highest BCUT2D eigenvalue weighted by Gasteiger charge is 2.19. The Bertz CT molecular complexity index is 384. The number of likely N-dealkylation sites (tertiary alicyclic amines) is 1. The van der Waals surface area contributed by atoms with Crippen LogP contribution in [0.15, 0.2) is 48.4 Å². The summed E-state index contributed by atoms with van der Waals surface area (Å²) in [5.74, 6) is 0. The van der Waals surface area contributed by atoms with E-state index in [-0.39, 0.29) is 0 Å². The standard InChI is InChI=1S/C16H24N2/c1-4-10-17(3)16-9-8-15(13-14(16)2)18-11-6-5-7-12-18/h4,8-10,13,16H,2,5-7,11-12H2,1,3H3/b10-4-. The minimum Gasteiger partial charge on any atom is -0.372 e. The van der Waals surface area contributed by atoms with Crippen LogP contribution in [0, 0.1) is 0 Å². The van der Waals surface area contributed by atoms with Crippen LogP contribution in [0.5, 0.6) is 0 Å². The molecule has 98 valence electrons. The lowest BCUT2D eigenvalue weighted by Crippen LogP contribution is -2.32. The number of nitrogens with zero attached hydrogens (tertiary/aromatic N) is 2. The molecule has 1 fully saturated rings. The first-order valence-corrected chi connectivity index (χ1v) is 6.91. The van der Waals surface area contributed by atoms with E-state index in [1.165, 1.54) is 43.6 Å². The van der Waals surface area contributed by atoms with E-state index in [1.54, 1.807) is 0 Å².